The van der Waals surface area contributed by atoms with Gasteiger partial charge in [0.25, 0.3) is 5.91 Å². The zero-order chi connectivity index (χ0) is 27.5. The Morgan fingerprint density at radius 1 is 1.13 bits per heavy atom. The van der Waals surface area contributed by atoms with E-state index >= 15 is 0 Å². The molecule has 39 heavy (non-hydrogen) atoms. The van der Waals surface area contributed by atoms with Gasteiger partial charge in [-0.3, -0.25) is 14.6 Å². The van der Waals surface area contributed by atoms with Crippen molar-refractivity contribution >= 4 is 22.7 Å². The summed E-state index contributed by atoms with van der Waals surface area (Å²) in [7, 11) is 1.52. The van der Waals surface area contributed by atoms with E-state index < -0.39 is 23.5 Å². The lowest BCUT2D eigenvalue weighted by Crippen LogP contribution is -2.30. The summed E-state index contributed by atoms with van der Waals surface area (Å²) in [5.41, 5.74) is 1.75. The van der Waals surface area contributed by atoms with Crippen LogP contribution in [0.15, 0.2) is 88.8 Å². The highest BCUT2D eigenvalue weighted by molar-refractivity contribution is 6.16. The van der Waals surface area contributed by atoms with Gasteiger partial charge in [-0.1, -0.05) is 44.2 Å². The van der Waals surface area contributed by atoms with E-state index in [0.29, 0.717) is 40.6 Å². The molecule has 0 aliphatic carbocycles. The number of ether oxygens (including phenoxy) is 2. The number of furan rings is 1. The Kier molecular flexibility index (Phi) is 7.36. The highest BCUT2D eigenvalue weighted by atomic mass is 16.5. The lowest BCUT2D eigenvalue weighted by Gasteiger charge is -2.27. The molecule has 4 aromatic rings. The fourth-order valence-electron chi connectivity index (χ4n) is 4.71. The van der Waals surface area contributed by atoms with E-state index in [1.165, 1.54) is 12.0 Å². The van der Waals surface area contributed by atoms with Crippen LogP contribution in [0.25, 0.3) is 11.0 Å². The average molecular weight is 527 g/mol. The Bertz CT molecular complexity index is 1540. The van der Waals surface area contributed by atoms with E-state index in [1.807, 2.05) is 30.3 Å². The number of nitrogens with zero attached hydrogens (tertiary/aromatic N) is 2. The van der Waals surface area contributed by atoms with Crippen LogP contribution in [0.4, 0.5) is 0 Å². The Hall–Kier alpha value is -4.59. The minimum Gasteiger partial charge on any atom is -0.503 e. The first kappa shape index (κ1) is 26.0. The van der Waals surface area contributed by atoms with Gasteiger partial charge < -0.3 is 23.9 Å². The monoisotopic (exact) mass is 526 g/mol. The third-order valence-corrected chi connectivity index (χ3v) is 6.71. The van der Waals surface area contributed by atoms with Crippen molar-refractivity contribution in [3.8, 4) is 11.5 Å². The number of hydrogen-bond acceptors (Lipinski definition) is 7. The van der Waals surface area contributed by atoms with Gasteiger partial charge in [0.1, 0.15) is 5.75 Å². The SMILES string of the molecule is COc1cccc2cc(C(=O)C3=C(O)C(=O)N(Cc4cccnc4)C3c3cccc(OCCC(C)C)c3)oc12. The normalized spacial score (nSPS) is 15.4. The summed E-state index contributed by atoms with van der Waals surface area (Å²) >= 11 is 0. The van der Waals surface area contributed by atoms with Crippen molar-refractivity contribution in [1.29, 1.82) is 0 Å². The number of aromatic nitrogens is 1. The second kappa shape index (κ2) is 11.0. The van der Waals surface area contributed by atoms with Gasteiger partial charge in [-0.2, -0.15) is 0 Å². The molecule has 0 saturated heterocycles. The van der Waals surface area contributed by atoms with Crippen molar-refractivity contribution < 1.29 is 28.6 Å². The number of pyridine rings is 1. The van der Waals surface area contributed by atoms with Crippen LogP contribution in [0, 0.1) is 5.92 Å². The molecule has 1 N–H and O–H groups in total. The van der Waals surface area contributed by atoms with Crippen LogP contribution in [0.3, 0.4) is 0 Å². The van der Waals surface area contributed by atoms with Crippen LogP contribution < -0.4 is 9.47 Å². The fraction of sp³-hybridized carbons (Fsp3) is 0.258. The van der Waals surface area contributed by atoms with Gasteiger partial charge in [-0.05, 0) is 53.8 Å². The maximum Gasteiger partial charge on any atom is 0.290 e. The van der Waals surface area contributed by atoms with Crippen molar-refractivity contribution in [2.45, 2.75) is 32.9 Å². The van der Waals surface area contributed by atoms with Crippen LogP contribution in [-0.2, 0) is 11.3 Å². The molecule has 1 amide bonds. The third-order valence-electron chi connectivity index (χ3n) is 6.71. The number of Topliss-reactive ketones (excluding diaryl/α,β-unsaturated/α-hetero) is 1. The van der Waals surface area contributed by atoms with Gasteiger partial charge in [-0.25, -0.2) is 0 Å². The van der Waals surface area contributed by atoms with Gasteiger partial charge in [0.05, 0.1) is 25.3 Å². The van der Waals surface area contributed by atoms with Crippen molar-refractivity contribution in [3.63, 3.8) is 0 Å². The van der Waals surface area contributed by atoms with Crippen LogP contribution in [0.5, 0.6) is 11.5 Å². The Labute approximate surface area is 226 Å². The average Bonchev–Trinajstić information content (AvgIpc) is 3.48. The zero-order valence-corrected chi connectivity index (χ0v) is 22.1. The molecule has 200 valence electrons. The van der Waals surface area contributed by atoms with Crippen LogP contribution in [0.1, 0.15) is 48.0 Å². The van der Waals surface area contributed by atoms with E-state index in [9.17, 15) is 14.7 Å². The van der Waals surface area contributed by atoms with Gasteiger partial charge in [0, 0.05) is 24.3 Å². The molecule has 0 saturated carbocycles. The lowest BCUT2D eigenvalue weighted by atomic mass is 9.94. The number of carbonyl (C=O) groups excluding carboxylic acids is 2. The quantitative estimate of drug-likeness (QED) is 0.251. The first-order valence-electron chi connectivity index (χ1n) is 12.8. The standard InChI is InChI=1S/C31H30N2O6/c1-19(2)12-14-38-23-10-4-8-21(15-23)27-26(29(35)31(36)33(27)18-20-7-6-13-32-17-20)28(34)25-16-22-9-5-11-24(37-3)30(22)39-25/h4-11,13,15-17,19,27,35H,12,14,18H2,1-3H3. The Morgan fingerprint density at radius 2 is 1.95 bits per heavy atom. The first-order chi connectivity index (χ1) is 18.9. The number of para-hydroxylation sites is 1. The summed E-state index contributed by atoms with van der Waals surface area (Å²) in [5, 5.41) is 11.7. The van der Waals surface area contributed by atoms with Crippen LogP contribution >= 0.6 is 0 Å². The molecule has 3 heterocycles. The molecule has 0 bridgehead atoms. The highest BCUT2D eigenvalue weighted by Gasteiger charge is 2.44. The zero-order valence-electron chi connectivity index (χ0n) is 22.1. The number of rotatable bonds is 10. The summed E-state index contributed by atoms with van der Waals surface area (Å²) in [6.07, 6.45) is 4.18. The third kappa shape index (κ3) is 5.23. The fourth-order valence-corrected chi connectivity index (χ4v) is 4.71. The minimum absolute atomic E-state index is 0.00131. The number of aliphatic hydroxyl groups is 1. The second-order valence-corrected chi connectivity index (χ2v) is 9.88. The Balaban J connectivity index is 1.56. The van der Waals surface area contributed by atoms with Crippen molar-refractivity contribution in [2.24, 2.45) is 5.92 Å². The molecule has 0 radical (unpaired) electrons. The molecule has 0 fully saturated rings. The topological polar surface area (TPSA) is 102 Å². The molecule has 2 aromatic carbocycles. The largest absolute Gasteiger partial charge is 0.503 e. The minimum atomic E-state index is -0.867. The van der Waals surface area contributed by atoms with E-state index in [1.54, 1.807) is 42.7 Å². The number of fused-ring (bicyclic) bond motifs is 1. The molecule has 1 atom stereocenters. The maximum absolute atomic E-state index is 13.9. The number of methoxy groups -OCH3 is 1. The molecule has 8 nitrogen and oxygen atoms in total. The lowest BCUT2D eigenvalue weighted by molar-refractivity contribution is -0.130. The van der Waals surface area contributed by atoms with Crippen molar-refractivity contribution in [3.05, 3.63) is 101 Å². The molecule has 1 unspecified atom stereocenters. The number of carbonyl (C=O) groups is 2. The number of benzene rings is 2. The molecular weight excluding hydrogens is 496 g/mol. The first-order valence-corrected chi connectivity index (χ1v) is 12.8. The number of aliphatic hydroxyl groups excluding tert-OH is 1. The smallest absolute Gasteiger partial charge is 0.290 e. The number of hydrogen-bond donors (Lipinski definition) is 1. The molecule has 0 spiro atoms. The highest BCUT2D eigenvalue weighted by Crippen LogP contribution is 2.41. The van der Waals surface area contributed by atoms with E-state index in [0.717, 1.165) is 12.0 Å². The predicted molar refractivity (Wildman–Crippen MR) is 146 cm³/mol. The molecule has 1 aliphatic rings. The summed E-state index contributed by atoms with van der Waals surface area (Å²) < 4.78 is 17.2. The summed E-state index contributed by atoms with van der Waals surface area (Å²) in [6.45, 7) is 4.93. The number of ketones is 1. The second-order valence-electron chi connectivity index (χ2n) is 9.88. The van der Waals surface area contributed by atoms with Crippen LogP contribution in [-0.4, -0.2) is 40.4 Å². The molecule has 8 heteroatoms. The van der Waals surface area contributed by atoms with E-state index in [4.69, 9.17) is 13.9 Å². The Morgan fingerprint density at radius 3 is 2.69 bits per heavy atom. The maximum atomic E-state index is 13.9. The molecular formula is C31H30N2O6. The summed E-state index contributed by atoms with van der Waals surface area (Å²) in [6, 6.07) is 16.9. The molecule has 1 aliphatic heterocycles. The van der Waals surface area contributed by atoms with Crippen molar-refractivity contribution in [2.75, 3.05) is 13.7 Å². The molecule has 2 aromatic heterocycles. The van der Waals surface area contributed by atoms with Gasteiger partial charge in [0.15, 0.2) is 22.9 Å². The van der Waals surface area contributed by atoms with Gasteiger partial charge in [0.2, 0.25) is 5.78 Å². The van der Waals surface area contributed by atoms with Gasteiger partial charge >= 0.3 is 0 Å². The summed E-state index contributed by atoms with van der Waals surface area (Å²) in [4.78, 5) is 32.9. The van der Waals surface area contributed by atoms with Gasteiger partial charge in [-0.15, -0.1) is 0 Å². The summed E-state index contributed by atoms with van der Waals surface area (Å²) in [5.74, 6) is -0.242. The predicted octanol–water partition coefficient (Wildman–Crippen LogP) is 6.04. The van der Waals surface area contributed by atoms with E-state index in [-0.39, 0.29) is 17.9 Å². The number of amides is 1. The molecule has 5 rings (SSSR count). The van der Waals surface area contributed by atoms with Crippen molar-refractivity contribution in [1.82, 2.24) is 9.88 Å². The van der Waals surface area contributed by atoms with E-state index in [2.05, 4.69) is 18.8 Å². The van der Waals surface area contributed by atoms with Crippen LogP contribution in [0.2, 0.25) is 0 Å².